The average Bonchev–Trinajstić information content (AvgIpc) is 2.46. The van der Waals surface area contributed by atoms with Gasteiger partial charge in [0.2, 0.25) is 0 Å². The second-order valence-corrected chi connectivity index (χ2v) is 5.43. The Hall–Kier alpha value is -1.07. The van der Waals surface area contributed by atoms with Crippen molar-refractivity contribution in [1.82, 2.24) is 0 Å². The molecule has 1 heterocycles. The lowest BCUT2D eigenvalue weighted by Crippen LogP contribution is -2.36. The Morgan fingerprint density at radius 1 is 1.29 bits per heavy atom. The van der Waals surface area contributed by atoms with Gasteiger partial charge in [-0.05, 0) is 30.5 Å². The number of Topliss-reactive ketones (excluding diaryl/α,β-unsaturated/α-hetero) is 1. The van der Waals surface area contributed by atoms with Crippen LogP contribution < -0.4 is 9.64 Å². The number of halogens is 1. The van der Waals surface area contributed by atoms with Crippen molar-refractivity contribution < 1.29 is 14.3 Å². The van der Waals surface area contributed by atoms with Crippen molar-refractivity contribution in [2.24, 2.45) is 0 Å². The molecule has 0 spiro atoms. The summed E-state index contributed by atoms with van der Waals surface area (Å²) < 4.78 is 11.0. The number of carbonyl (C=O) groups excluding carboxylic acids is 1. The number of benzene rings is 1. The Labute approximate surface area is 137 Å². The van der Waals surface area contributed by atoms with Gasteiger partial charge in [-0.2, -0.15) is 0 Å². The Balaban J connectivity index is 0.00000220. The summed E-state index contributed by atoms with van der Waals surface area (Å²) in [6, 6.07) is 3.90. The molecule has 1 aliphatic heterocycles. The van der Waals surface area contributed by atoms with E-state index < -0.39 is 0 Å². The highest BCUT2D eigenvalue weighted by molar-refractivity contribution is 8.93. The molecule has 118 valence electrons. The predicted octanol–water partition coefficient (Wildman–Crippen LogP) is 3.44. The minimum Gasteiger partial charge on any atom is -0.494 e. The first-order chi connectivity index (χ1) is 9.54. The molecule has 0 aromatic heterocycles. The van der Waals surface area contributed by atoms with Gasteiger partial charge in [-0.1, -0.05) is 13.8 Å². The van der Waals surface area contributed by atoms with Crippen LogP contribution in [-0.2, 0) is 4.74 Å². The number of ketones is 1. The third-order valence-corrected chi connectivity index (χ3v) is 3.68. The third kappa shape index (κ3) is 3.98. The van der Waals surface area contributed by atoms with Crippen molar-refractivity contribution >= 4 is 28.5 Å². The van der Waals surface area contributed by atoms with Gasteiger partial charge < -0.3 is 14.4 Å². The maximum absolute atomic E-state index is 11.8. The lowest BCUT2D eigenvalue weighted by molar-refractivity contribution is 0.101. The standard InChI is InChI=1S/C16H23NO3.BrH/c1-11(2)14-9-13(12(3)18)10-15(16(14)19-4)17-5-7-20-8-6-17;/h9-11H,5-8H2,1-4H3;1H. The normalized spacial score (nSPS) is 14.8. The molecule has 0 N–H and O–H groups in total. The number of methoxy groups -OCH3 is 1. The fraction of sp³-hybridized carbons (Fsp3) is 0.562. The van der Waals surface area contributed by atoms with Crippen molar-refractivity contribution in [2.45, 2.75) is 26.7 Å². The van der Waals surface area contributed by atoms with E-state index in [9.17, 15) is 4.79 Å². The van der Waals surface area contributed by atoms with Gasteiger partial charge in [0.25, 0.3) is 0 Å². The van der Waals surface area contributed by atoms with Crippen LogP contribution in [0.15, 0.2) is 12.1 Å². The van der Waals surface area contributed by atoms with Crippen LogP contribution in [0.3, 0.4) is 0 Å². The topological polar surface area (TPSA) is 38.8 Å². The molecule has 0 amide bonds. The second kappa shape index (κ2) is 7.80. The van der Waals surface area contributed by atoms with E-state index >= 15 is 0 Å². The molecule has 0 aliphatic carbocycles. The molecule has 4 nitrogen and oxygen atoms in total. The predicted molar refractivity (Wildman–Crippen MR) is 90.4 cm³/mol. The van der Waals surface area contributed by atoms with Crippen LogP contribution in [-0.4, -0.2) is 39.2 Å². The molecule has 0 radical (unpaired) electrons. The number of hydrogen-bond acceptors (Lipinski definition) is 4. The Morgan fingerprint density at radius 3 is 2.38 bits per heavy atom. The van der Waals surface area contributed by atoms with E-state index in [1.54, 1.807) is 14.0 Å². The molecule has 2 rings (SSSR count). The van der Waals surface area contributed by atoms with Crippen molar-refractivity contribution in [3.8, 4) is 5.75 Å². The maximum Gasteiger partial charge on any atom is 0.159 e. The molecular formula is C16H24BrNO3. The molecular weight excluding hydrogens is 334 g/mol. The minimum absolute atomic E-state index is 0. The summed E-state index contributed by atoms with van der Waals surface area (Å²) in [5.41, 5.74) is 2.84. The fourth-order valence-corrected chi connectivity index (χ4v) is 2.53. The van der Waals surface area contributed by atoms with E-state index in [1.807, 2.05) is 12.1 Å². The lowest BCUT2D eigenvalue weighted by Gasteiger charge is -2.31. The van der Waals surface area contributed by atoms with Crippen molar-refractivity contribution in [3.63, 3.8) is 0 Å². The van der Waals surface area contributed by atoms with Crippen LogP contribution >= 0.6 is 17.0 Å². The summed E-state index contributed by atoms with van der Waals surface area (Å²) in [4.78, 5) is 14.0. The van der Waals surface area contributed by atoms with Crippen LogP contribution in [0.2, 0.25) is 0 Å². The van der Waals surface area contributed by atoms with Crippen LogP contribution in [0.25, 0.3) is 0 Å². The summed E-state index contributed by atoms with van der Waals surface area (Å²) in [7, 11) is 1.69. The molecule has 1 fully saturated rings. The highest BCUT2D eigenvalue weighted by atomic mass is 79.9. The molecule has 0 bridgehead atoms. The molecule has 5 heteroatoms. The van der Waals surface area contributed by atoms with Gasteiger partial charge in [0.15, 0.2) is 5.78 Å². The highest BCUT2D eigenvalue weighted by Gasteiger charge is 2.21. The second-order valence-electron chi connectivity index (χ2n) is 5.43. The van der Waals surface area contributed by atoms with Crippen molar-refractivity contribution in [3.05, 3.63) is 23.3 Å². The van der Waals surface area contributed by atoms with Gasteiger partial charge in [0.1, 0.15) is 5.75 Å². The SMILES string of the molecule is Br.COc1c(C(C)C)cc(C(C)=O)cc1N1CCOCC1. The Morgan fingerprint density at radius 2 is 1.90 bits per heavy atom. The van der Waals surface area contributed by atoms with Gasteiger partial charge >= 0.3 is 0 Å². The van der Waals surface area contributed by atoms with Crippen LogP contribution in [0.5, 0.6) is 5.75 Å². The molecule has 1 saturated heterocycles. The summed E-state index contributed by atoms with van der Waals surface area (Å²) >= 11 is 0. The first kappa shape index (κ1) is 18.0. The number of anilines is 1. The van der Waals surface area contributed by atoms with Crippen molar-refractivity contribution in [2.75, 3.05) is 38.3 Å². The van der Waals surface area contributed by atoms with E-state index in [1.165, 1.54) is 0 Å². The Kier molecular flexibility index (Phi) is 6.68. The molecule has 0 atom stereocenters. The summed E-state index contributed by atoms with van der Waals surface area (Å²) in [5.74, 6) is 1.28. The van der Waals surface area contributed by atoms with Crippen LogP contribution in [0.4, 0.5) is 5.69 Å². The minimum atomic E-state index is 0. The van der Waals surface area contributed by atoms with Gasteiger partial charge in [0.05, 0.1) is 26.0 Å². The summed E-state index contributed by atoms with van der Waals surface area (Å²) in [6.45, 7) is 8.92. The molecule has 1 aliphatic rings. The molecule has 21 heavy (non-hydrogen) atoms. The largest absolute Gasteiger partial charge is 0.494 e. The zero-order chi connectivity index (χ0) is 14.7. The van der Waals surface area contributed by atoms with Crippen LogP contribution in [0, 0.1) is 0 Å². The van der Waals surface area contributed by atoms with Gasteiger partial charge in [-0.15, -0.1) is 17.0 Å². The number of ether oxygens (including phenoxy) is 2. The number of carbonyl (C=O) groups is 1. The maximum atomic E-state index is 11.8. The molecule has 0 unspecified atom stereocenters. The number of rotatable bonds is 4. The zero-order valence-electron chi connectivity index (χ0n) is 13.1. The first-order valence-corrected chi connectivity index (χ1v) is 7.10. The summed E-state index contributed by atoms with van der Waals surface area (Å²) in [6.07, 6.45) is 0. The van der Waals surface area contributed by atoms with E-state index in [2.05, 4.69) is 18.7 Å². The van der Waals surface area contributed by atoms with E-state index in [4.69, 9.17) is 9.47 Å². The van der Waals surface area contributed by atoms with Gasteiger partial charge in [0, 0.05) is 18.7 Å². The Bertz CT molecular complexity index is 497. The average molecular weight is 358 g/mol. The third-order valence-electron chi connectivity index (χ3n) is 3.68. The van der Waals surface area contributed by atoms with E-state index in [0.717, 1.165) is 35.7 Å². The number of morpholine rings is 1. The van der Waals surface area contributed by atoms with E-state index in [-0.39, 0.29) is 22.8 Å². The molecule has 0 saturated carbocycles. The quantitative estimate of drug-likeness (QED) is 0.773. The van der Waals surface area contributed by atoms with Gasteiger partial charge in [-0.25, -0.2) is 0 Å². The number of hydrogen-bond donors (Lipinski definition) is 0. The molecule has 1 aromatic rings. The first-order valence-electron chi connectivity index (χ1n) is 7.10. The van der Waals surface area contributed by atoms with E-state index in [0.29, 0.717) is 19.1 Å². The fourth-order valence-electron chi connectivity index (χ4n) is 2.53. The van der Waals surface area contributed by atoms with Crippen molar-refractivity contribution in [1.29, 1.82) is 0 Å². The lowest BCUT2D eigenvalue weighted by atomic mass is 9.96. The van der Waals surface area contributed by atoms with Crippen LogP contribution in [0.1, 0.15) is 42.6 Å². The summed E-state index contributed by atoms with van der Waals surface area (Å²) in [5, 5.41) is 0. The highest BCUT2D eigenvalue weighted by Crippen LogP contribution is 2.38. The molecule has 1 aromatic carbocycles. The smallest absolute Gasteiger partial charge is 0.159 e. The monoisotopic (exact) mass is 357 g/mol. The zero-order valence-corrected chi connectivity index (χ0v) is 14.9. The number of nitrogens with zero attached hydrogens (tertiary/aromatic N) is 1. The van der Waals surface area contributed by atoms with Gasteiger partial charge in [-0.3, -0.25) is 4.79 Å².